The van der Waals surface area contributed by atoms with Crippen molar-refractivity contribution in [2.75, 3.05) is 32.9 Å². The Hall–Kier alpha value is -4.04. The Morgan fingerprint density at radius 2 is 1.44 bits per heavy atom. The van der Waals surface area contributed by atoms with Gasteiger partial charge in [-0.2, -0.15) is 0 Å². The Morgan fingerprint density at radius 3 is 2.10 bits per heavy atom. The van der Waals surface area contributed by atoms with Gasteiger partial charge in [0, 0.05) is 19.6 Å². The van der Waals surface area contributed by atoms with Crippen molar-refractivity contribution in [3.8, 4) is 17.2 Å². The van der Waals surface area contributed by atoms with Crippen molar-refractivity contribution in [3.63, 3.8) is 0 Å². The van der Waals surface area contributed by atoms with Crippen molar-refractivity contribution in [1.82, 2.24) is 4.90 Å². The van der Waals surface area contributed by atoms with Gasteiger partial charge in [0.15, 0.2) is 6.10 Å². The molecule has 0 saturated heterocycles. The maximum absolute atomic E-state index is 12.9. The van der Waals surface area contributed by atoms with Crippen molar-refractivity contribution in [1.29, 1.82) is 0 Å². The number of carboxylic acid groups (broad SMARTS) is 1. The first kappa shape index (κ1) is 29.5. The summed E-state index contributed by atoms with van der Waals surface area (Å²) >= 11 is 0. The summed E-state index contributed by atoms with van der Waals surface area (Å²) in [5.74, 6) is 0.960. The van der Waals surface area contributed by atoms with E-state index in [0.29, 0.717) is 37.8 Å². The lowest BCUT2D eigenvalue weighted by atomic mass is 10.1. The zero-order valence-electron chi connectivity index (χ0n) is 22.6. The van der Waals surface area contributed by atoms with E-state index < -0.39 is 18.2 Å². The molecule has 3 aromatic rings. The number of aryl methyl sites for hydroxylation is 1. The number of nitrogens with zero attached hydrogens (tertiary/aromatic N) is 1. The number of carbonyl (C=O) groups excluding carboxylic acids is 1. The van der Waals surface area contributed by atoms with Crippen molar-refractivity contribution >= 4 is 12.1 Å². The highest BCUT2D eigenvalue weighted by Gasteiger charge is 2.18. The standard InChI is InChI=1S/C31H37NO7/c1-3-36-29(30(33)34)23-25-13-17-27(18-14-25)38-22-20-32(31(35)39-28-15-11-24(2)12-16-28)19-7-8-21-37-26-9-5-4-6-10-26/h4-6,9-18,29H,3,7-8,19-23H2,1-2H3,(H,33,34). The molecule has 3 aromatic carbocycles. The van der Waals surface area contributed by atoms with Gasteiger partial charge in [-0.15, -0.1) is 0 Å². The molecule has 0 aliphatic rings. The van der Waals surface area contributed by atoms with Gasteiger partial charge in [0.1, 0.15) is 23.9 Å². The number of carbonyl (C=O) groups is 2. The third-order valence-electron chi connectivity index (χ3n) is 5.94. The second-order valence-corrected chi connectivity index (χ2v) is 9.02. The van der Waals surface area contributed by atoms with E-state index >= 15 is 0 Å². The van der Waals surface area contributed by atoms with E-state index in [4.69, 9.17) is 18.9 Å². The number of carboxylic acids is 1. The van der Waals surface area contributed by atoms with Crippen LogP contribution in [-0.2, 0) is 16.0 Å². The van der Waals surface area contributed by atoms with E-state index in [2.05, 4.69) is 0 Å². The molecule has 0 radical (unpaired) electrons. The molecule has 0 aromatic heterocycles. The lowest BCUT2D eigenvalue weighted by Crippen LogP contribution is -2.37. The van der Waals surface area contributed by atoms with Crippen LogP contribution in [-0.4, -0.2) is 61.1 Å². The zero-order chi connectivity index (χ0) is 27.9. The van der Waals surface area contributed by atoms with Crippen LogP contribution in [0.25, 0.3) is 0 Å². The summed E-state index contributed by atoms with van der Waals surface area (Å²) < 4.78 is 22.5. The summed E-state index contributed by atoms with van der Waals surface area (Å²) in [5, 5.41) is 9.28. The fourth-order valence-corrected chi connectivity index (χ4v) is 3.81. The van der Waals surface area contributed by atoms with Crippen LogP contribution in [0.15, 0.2) is 78.9 Å². The quantitative estimate of drug-likeness (QED) is 0.233. The molecular weight excluding hydrogens is 498 g/mol. The van der Waals surface area contributed by atoms with Gasteiger partial charge in [0.05, 0.1) is 13.2 Å². The van der Waals surface area contributed by atoms with Crippen LogP contribution in [0.1, 0.15) is 30.9 Å². The van der Waals surface area contributed by atoms with Gasteiger partial charge in [-0.05, 0) is 68.7 Å². The van der Waals surface area contributed by atoms with E-state index in [0.717, 1.165) is 29.7 Å². The first-order chi connectivity index (χ1) is 18.9. The smallest absolute Gasteiger partial charge is 0.415 e. The van der Waals surface area contributed by atoms with Gasteiger partial charge in [-0.1, -0.05) is 48.0 Å². The average Bonchev–Trinajstić information content (AvgIpc) is 2.94. The van der Waals surface area contributed by atoms with Gasteiger partial charge < -0.3 is 29.0 Å². The molecule has 1 N–H and O–H groups in total. The van der Waals surface area contributed by atoms with Gasteiger partial charge in [-0.25, -0.2) is 9.59 Å². The molecule has 0 aliphatic carbocycles. The Kier molecular flexibility index (Phi) is 12.1. The van der Waals surface area contributed by atoms with Gasteiger partial charge in [-0.3, -0.25) is 0 Å². The van der Waals surface area contributed by atoms with Crippen molar-refractivity contribution in [2.24, 2.45) is 0 Å². The first-order valence-electron chi connectivity index (χ1n) is 13.2. The van der Waals surface area contributed by atoms with Gasteiger partial charge in [0.25, 0.3) is 0 Å². The molecular formula is C31H37NO7. The largest absolute Gasteiger partial charge is 0.494 e. The summed E-state index contributed by atoms with van der Waals surface area (Å²) in [4.78, 5) is 25.9. The molecule has 39 heavy (non-hydrogen) atoms. The zero-order valence-corrected chi connectivity index (χ0v) is 22.6. The molecule has 0 bridgehead atoms. The number of hydrogen-bond donors (Lipinski definition) is 1. The molecule has 0 aliphatic heterocycles. The highest BCUT2D eigenvalue weighted by atomic mass is 16.6. The molecule has 0 fully saturated rings. The van der Waals surface area contributed by atoms with E-state index in [9.17, 15) is 14.7 Å². The monoisotopic (exact) mass is 535 g/mol. The molecule has 0 spiro atoms. The topological polar surface area (TPSA) is 94.5 Å². The lowest BCUT2D eigenvalue weighted by Gasteiger charge is -2.22. The van der Waals surface area contributed by atoms with Crippen LogP contribution in [0.2, 0.25) is 0 Å². The SMILES string of the molecule is CCOC(Cc1ccc(OCCN(CCCCOc2ccccc2)C(=O)Oc2ccc(C)cc2)cc1)C(=O)O. The van der Waals surface area contributed by atoms with E-state index in [1.165, 1.54) is 0 Å². The molecule has 0 saturated carbocycles. The molecule has 1 unspecified atom stereocenters. The highest BCUT2D eigenvalue weighted by Crippen LogP contribution is 2.16. The second kappa shape index (κ2) is 16.0. The Bertz CT molecular complexity index is 1130. The third-order valence-corrected chi connectivity index (χ3v) is 5.94. The molecule has 0 heterocycles. The van der Waals surface area contributed by atoms with Crippen LogP contribution in [0.4, 0.5) is 4.79 Å². The maximum atomic E-state index is 12.9. The summed E-state index contributed by atoms with van der Waals surface area (Å²) in [6, 6.07) is 24.2. The summed E-state index contributed by atoms with van der Waals surface area (Å²) in [6.45, 7) is 5.75. The maximum Gasteiger partial charge on any atom is 0.415 e. The van der Waals surface area contributed by atoms with Crippen molar-refractivity contribution < 1.29 is 33.6 Å². The minimum atomic E-state index is -0.985. The number of unbranched alkanes of at least 4 members (excludes halogenated alkanes) is 1. The molecule has 1 atom stereocenters. The lowest BCUT2D eigenvalue weighted by molar-refractivity contribution is -0.149. The highest BCUT2D eigenvalue weighted by molar-refractivity contribution is 5.72. The molecule has 3 rings (SSSR count). The number of ether oxygens (including phenoxy) is 4. The number of hydrogen-bond acceptors (Lipinski definition) is 6. The van der Waals surface area contributed by atoms with Crippen LogP contribution in [0, 0.1) is 6.92 Å². The summed E-state index contributed by atoms with van der Waals surface area (Å²) in [7, 11) is 0. The van der Waals surface area contributed by atoms with Crippen LogP contribution in [0.5, 0.6) is 17.2 Å². The van der Waals surface area contributed by atoms with Gasteiger partial charge >= 0.3 is 12.1 Å². The Morgan fingerprint density at radius 1 is 0.795 bits per heavy atom. The Balaban J connectivity index is 1.50. The van der Waals surface area contributed by atoms with E-state index in [1.54, 1.807) is 36.1 Å². The fraction of sp³-hybridized carbons (Fsp3) is 0.355. The predicted molar refractivity (Wildman–Crippen MR) is 149 cm³/mol. The summed E-state index contributed by atoms with van der Waals surface area (Å²) in [5.41, 5.74) is 1.92. The number of para-hydroxylation sites is 1. The second-order valence-electron chi connectivity index (χ2n) is 9.02. The van der Waals surface area contributed by atoms with E-state index in [1.807, 2.05) is 61.5 Å². The van der Waals surface area contributed by atoms with Crippen LogP contribution >= 0.6 is 0 Å². The van der Waals surface area contributed by atoms with Crippen molar-refractivity contribution in [3.05, 3.63) is 90.0 Å². The number of amides is 1. The number of rotatable bonds is 16. The predicted octanol–water partition coefficient (Wildman–Crippen LogP) is 5.77. The van der Waals surface area contributed by atoms with Crippen LogP contribution in [0.3, 0.4) is 0 Å². The molecule has 8 nitrogen and oxygen atoms in total. The summed E-state index contributed by atoms with van der Waals surface area (Å²) in [6.07, 6.45) is 0.487. The van der Waals surface area contributed by atoms with Crippen molar-refractivity contribution in [2.45, 2.75) is 39.2 Å². The normalized spacial score (nSPS) is 11.4. The fourth-order valence-electron chi connectivity index (χ4n) is 3.81. The minimum Gasteiger partial charge on any atom is -0.494 e. The molecule has 1 amide bonds. The first-order valence-corrected chi connectivity index (χ1v) is 13.2. The van der Waals surface area contributed by atoms with Gasteiger partial charge in [0.2, 0.25) is 0 Å². The minimum absolute atomic E-state index is 0.274. The molecule has 208 valence electrons. The number of benzene rings is 3. The van der Waals surface area contributed by atoms with E-state index in [-0.39, 0.29) is 13.0 Å². The number of aliphatic carboxylic acids is 1. The van der Waals surface area contributed by atoms with Crippen LogP contribution < -0.4 is 14.2 Å². The third kappa shape index (κ3) is 10.7. The Labute approximate surface area is 230 Å². The molecule has 8 heteroatoms. The average molecular weight is 536 g/mol.